The second kappa shape index (κ2) is 8.76. The van der Waals surface area contributed by atoms with Gasteiger partial charge in [0.2, 0.25) is 0 Å². The monoisotopic (exact) mass is 389 g/mol. The van der Waals surface area contributed by atoms with Gasteiger partial charge in [0.05, 0.1) is 18.2 Å². The molecule has 0 amide bonds. The van der Waals surface area contributed by atoms with Gasteiger partial charge < -0.3 is 4.74 Å². The fourth-order valence-electron chi connectivity index (χ4n) is 2.06. The Labute approximate surface area is 150 Å². The van der Waals surface area contributed by atoms with Crippen LogP contribution in [0.25, 0.3) is 11.6 Å². The number of hydrogen-bond acceptors (Lipinski definition) is 2. The first kappa shape index (κ1) is 17.6. The first-order valence-corrected chi connectivity index (χ1v) is 8.61. The molecule has 0 aliphatic heterocycles. The van der Waals surface area contributed by atoms with Crippen LogP contribution >= 0.6 is 27.5 Å². The van der Waals surface area contributed by atoms with E-state index in [1.54, 1.807) is 12.1 Å². The summed E-state index contributed by atoms with van der Waals surface area (Å²) in [4.78, 5) is 0. The summed E-state index contributed by atoms with van der Waals surface area (Å²) in [5.74, 6) is 0.781. The summed E-state index contributed by atoms with van der Waals surface area (Å²) in [7, 11) is 0. The van der Waals surface area contributed by atoms with E-state index in [1.165, 1.54) is 0 Å². The van der Waals surface area contributed by atoms with Gasteiger partial charge in [0, 0.05) is 15.1 Å². The van der Waals surface area contributed by atoms with E-state index in [9.17, 15) is 5.26 Å². The molecule has 0 saturated heterocycles. The Balaban J connectivity index is 2.36. The average Bonchev–Trinajstić information content (AvgIpc) is 2.55. The van der Waals surface area contributed by atoms with Crippen molar-refractivity contribution in [3.63, 3.8) is 0 Å². The zero-order valence-corrected chi connectivity index (χ0v) is 15.2. The fraction of sp³-hybridized carbons (Fsp3) is 0.211. The van der Waals surface area contributed by atoms with Gasteiger partial charge in [-0.3, -0.25) is 0 Å². The summed E-state index contributed by atoms with van der Waals surface area (Å²) in [5.41, 5.74) is 2.28. The lowest BCUT2D eigenvalue weighted by atomic mass is 10.0. The number of allylic oxidation sites excluding steroid dienone is 1. The number of hydrogen-bond donors (Lipinski definition) is 0. The molecule has 0 aromatic heterocycles. The van der Waals surface area contributed by atoms with Gasteiger partial charge in [0.25, 0.3) is 0 Å². The van der Waals surface area contributed by atoms with Gasteiger partial charge in [0.15, 0.2) is 0 Å². The second-order valence-electron chi connectivity index (χ2n) is 5.06. The van der Waals surface area contributed by atoms with Gasteiger partial charge in [-0.05, 0) is 48.4 Å². The van der Waals surface area contributed by atoms with E-state index in [4.69, 9.17) is 16.3 Å². The molecule has 23 heavy (non-hydrogen) atoms. The van der Waals surface area contributed by atoms with Gasteiger partial charge in [-0.25, -0.2) is 0 Å². The largest absolute Gasteiger partial charge is 0.493 e. The zero-order chi connectivity index (χ0) is 16.7. The van der Waals surface area contributed by atoms with E-state index in [-0.39, 0.29) is 0 Å². The van der Waals surface area contributed by atoms with Crippen LogP contribution < -0.4 is 4.74 Å². The zero-order valence-electron chi connectivity index (χ0n) is 12.9. The third-order valence-corrected chi connectivity index (χ3v) is 4.05. The maximum Gasteiger partial charge on any atom is 0.126 e. The van der Waals surface area contributed by atoms with Crippen molar-refractivity contribution >= 4 is 39.2 Å². The summed E-state index contributed by atoms with van der Waals surface area (Å²) in [6, 6.07) is 15.3. The molecule has 0 aliphatic rings. The van der Waals surface area contributed by atoms with Crippen molar-refractivity contribution in [2.45, 2.75) is 19.8 Å². The summed E-state index contributed by atoms with van der Waals surface area (Å²) in [5, 5.41) is 10.1. The molecule has 2 aromatic rings. The van der Waals surface area contributed by atoms with Gasteiger partial charge in [-0.15, -0.1) is 0 Å². The molecule has 2 rings (SSSR count). The van der Waals surface area contributed by atoms with E-state index in [2.05, 4.69) is 28.9 Å². The van der Waals surface area contributed by atoms with Crippen LogP contribution in [-0.2, 0) is 0 Å². The molecular weight excluding hydrogens is 374 g/mol. The number of nitriles is 1. The Kier molecular flexibility index (Phi) is 6.70. The van der Waals surface area contributed by atoms with Gasteiger partial charge in [0.1, 0.15) is 5.75 Å². The summed E-state index contributed by atoms with van der Waals surface area (Å²) >= 11 is 9.38. The lowest BCUT2D eigenvalue weighted by Gasteiger charge is -2.10. The first-order chi connectivity index (χ1) is 11.1. The number of halogens is 2. The van der Waals surface area contributed by atoms with Crippen LogP contribution in [0.4, 0.5) is 0 Å². The molecule has 0 radical (unpaired) electrons. The maximum atomic E-state index is 9.48. The highest BCUT2D eigenvalue weighted by Crippen LogP contribution is 2.28. The van der Waals surface area contributed by atoms with Crippen molar-refractivity contribution < 1.29 is 4.74 Å². The van der Waals surface area contributed by atoms with Crippen LogP contribution in [0, 0.1) is 11.3 Å². The van der Waals surface area contributed by atoms with Crippen molar-refractivity contribution in [2.24, 2.45) is 0 Å². The molecule has 2 aromatic carbocycles. The minimum atomic E-state index is 0.570. The van der Waals surface area contributed by atoms with E-state index in [0.717, 1.165) is 34.2 Å². The molecular formula is C19H17BrClNO. The van der Waals surface area contributed by atoms with Crippen LogP contribution in [0.3, 0.4) is 0 Å². The van der Waals surface area contributed by atoms with E-state index >= 15 is 0 Å². The Hall–Kier alpha value is -1.76. The van der Waals surface area contributed by atoms with Gasteiger partial charge in [-0.1, -0.05) is 53.0 Å². The molecule has 0 aliphatic carbocycles. The highest BCUT2D eigenvalue weighted by Gasteiger charge is 2.06. The van der Waals surface area contributed by atoms with Crippen LogP contribution in [-0.4, -0.2) is 6.61 Å². The van der Waals surface area contributed by atoms with Crippen LogP contribution in [0.5, 0.6) is 5.75 Å². The van der Waals surface area contributed by atoms with E-state index < -0.39 is 0 Å². The van der Waals surface area contributed by atoms with Crippen molar-refractivity contribution in [3.05, 3.63) is 63.1 Å². The number of ether oxygens (including phenoxy) is 1. The van der Waals surface area contributed by atoms with E-state index in [0.29, 0.717) is 17.2 Å². The summed E-state index contributed by atoms with van der Waals surface area (Å²) in [6.45, 7) is 2.79. The molecule has 0 unspecified atom stereocenters. The van der Waals surface area contributed by atoms with Crippen molar-refractivity contribution in [3.8, 4) is 11.8 Å². The molecule has 0 bridgehead atoms. The smallest absolute Gasteiger partial charge is 0.126 e. The van der Waals surface area contributed by atoms with E-state index in [1.807, 2.05) is 36.4 Å². The number of benzene rings is 2. The predicted octanol–water partition coefficient (Wildman–Crippen LogP) is 6.35. The minimum Gasteiger partial charge on any atom is -0.493 e. The molecule has 0 spiro atoms. The lowest BCUT2D eigenvalue weighted by Crippen LogP contribution is -1.98. The normalized spacial score (nSPS) is 11.1. The van der Waals surface area contributed by atoms with Crippen LogP contribution in [0.15, 0.2) is 46.9 Å². The molecule has 0 heterocycles. The lowest BCUT2D eigenvalue weighted by molar-refractivity contribution is 0.309. The topological polar surface area (TPSA) is 33.0 Å². The number of nitrogens with zero attached hydrogens (tertiary/aromatic N) is 1. The Morgan fingerprint density at radius 1 is 1.26 bits per heavy atom. The summed E-state index contributed by atoms with van der Waals surface area (Å²) in [6.07, 6.45) is 3.92. The Morgan fingerprint density at radius 3 is 2.65 bits per heavy atom. The highest BCUT2D eigenvalue weighted by atomic mass is 79.9. The first-order valence-electron chi connectivity index (χ1n) is 7.44. The second-order valence-corrected chi connectivity index (χ2v) is 6.41. The number of unbranched alkanes of at least 4 members (excludes halogenated alkanes) is 1. The molecule has 0 N–H and O–H groups in total. The maximum absolute atomic E-state index is 9.48. The highest BCUT2D eigenvalue weighted by molar-refractivity contribution is 9.10. The summed E-state index contributed by atoms with van der Waals surface area (Å²) < 4.78 is 6.78. The third-order valence-electron chi connectivity index (χ3n) is 3.30. The molecule has 0 atom stereocenters. The van der Waals surface area contributed by atoms with Crippen molar-refractivity contribution in [2.75, 3.05) is 6.61 Å². The Bertz CT molecular complexity index is 732. The molecule has 4 heteroatoms. The van der Waals surface area contributed by atoms with Crippen molar-refractivity contribution in [1.29, 1.82) is 5.26 Å². The SMILES string of the molecule is CCCCOc1ccc(Br)cc1/C=C(\C#N)c1ccc(Cl)cc1. The molecule has 2 nitrogen and oxygen atoms in total. The minimum absolute atomic E-state index is 0.570. The van der Waals surface area contributed by atoms with Crippen molar-refractivity contribution in [1.82, 2.24) is 0 Å². The Morgan fingerprint density at radius 2 is 2.00 bits per heavy atom. The standard InChI is InChI=1S/C19H17BrClNO/c1-2-3-10-23-19-9-6-17(20)12-15(19)11-16(13-22)14-4-7-18(21)8-5-14/h4-9,11-12H,2-3,10H2,1H3/b16-11+. The van der Waals surface area contributed by atoms with Crippen LogP contribution in [0.1, 0.15) is 30.9 Å². The molecule has 0 fully saturated rings. The molecule has 0 saturated carbocycles. The van der Waals surface area contributed by atoms with Crippen LogP contribution in [0.2, 0.25) is 5.02 Å². The fourth-order valence-corrected chi connectivity index (χ4v) is 2.56. The third kappa shape index (κ3) is 5.13. The average molecular weight is 391 g/mol. The van der Waals surface area contributed by atoms with Gasteiger partial charge >= 0.3 is 0 Å². The predicted molar refractivity (Wildman–Crippen MR) is 99.5 cm³/mol. The number of rotatable bonds is 6. The quantitative estimate of drug-likeness (QED) is 0.327. The van der Waals surface area contributed by atoms with Gasteiger partial charge in [-0.2, -0.15) is 5.26 Å². The molecule has 118 valence electrons.